The molecule has 0 aliphatic carbocycles. The van der Waals surface area contributed by atoms with Crippen molar-refractivity contribution in [3.63, 3.8) is 0 Å². The van der Waals surface area contributed by atoms with Gasteiger partial charge in [0.25, 0.3) is 0 Å². The second kappa shape index (κ2) is 6.79. The standard InChI is InChI=1S/C15H21FN2OS/c1-9(2)13(14(17)20)15(19)18(4)10(3)11-7-5-6-8-12(11)16/h5-10,13H,1-4H3,(H2,17,20). The predicted molar refractivity (Wildman–Crippen MR) is 82.7 cm³/mol. The highest BCUT2D eigenvalue weighted by atomic mass is 32.1. The molecule has 110 valence electrons. The van der Waals surface area contributed by atoms with Gasteiger partial charge >= 0.3 is 0 Å². The molecule has 0 aromatic heterocycles. The van der Waals surface area contributed by atoms with Crippen LogP contribution in [-0.4, -0.2) is 22.8 Å². The van der Waals surface area contributed by atoms with Gasteiger partial charge in [-0.05, 0) is 18.9 Å². The molecule has 2 unspecified atom stereocenters. The van der Waals surface area contributed by atoms with Gasteiger partial charge in [0.05, 0.1) is 16.9 Å². The zero-order chi connectivity index (χ0) is 15.4. The van der Waals surface area contributed by atoms with E-state index < -0.39 is 5.92 Å². The highest BCUT2D eigenvalue weighted by Crippen LogP contribution is 2.25. The molecule has 5 heteroatoms. The Balaban J connectivity index is 2.99. The molecule has 1 amide bonds. The first-order valence-electron chi connectivity index (χ1n) is 6.57. The quantitative estimate of drug-likeness (QED) is 0.850. The Morgan fingerprint density at radius 2 is 1.85 bits per heavy atom. The van der Waals surface area contributed by atoms with E-state index >= 15 is 0 Å². The van der Waals surface area contributed by atoms with Gasteiger partial charge in [-0.15, -0.1) is 0 Å². The summed E-state index contributed by atoms with van der Waals surface area (Å²) in [5, 5.41) is 0. The fourth-order valence-corrected chi connectivity index (χ4v) is 2.54. The van der Waals surface area contributed by atoms with Gasteiger partial charge in [-0.3, -0.25) is 4.79 Å². The first-order valence-corrected chi connectivity index (χ1v) is 6.98. The first kappa shape index (κ1) is 16.6. The normalized spacial score (nSPS) is 13.9. The number of nitrogens with two attached hydrogens (primary N) is 1. The summed E-state index contributed by atoms with van der Waals surface area (Å²) >= 11 is 4.97. The minimum Gasteiger partial charge on any atom is -0.393 e. The molecule has 1 rings (SSSR count). The van der Waals surface area contributed by atoms with Gasteiger partial charge in [0.15, 0.2) is 0 Å². The van der Waals surface area contributed by atoms with Crippen LogP contribution in [-0.2, 0) is 4.79 Å². The number of benzene rings is 1. The molecule has 0 fully saturated rings. The van der Waals surface area contributed by atoms with Crippen LogP contribution in [0, 0.1) is 17.7 Å². The molecule has 20 heavy (non-hydrogen) atoms. The smallest absolute Gasteiger partial charge is 0.233 e. The summed E-state index contributed by atoms with van der Waals surface area (Å²) in [6.45, 7) is 5.57. The van der Waals surface area contributed by atoms with E-state index in [-0.39, 0.29) is 28.7 Å². The molecular formula is C15H21FN2OS. The van der Waals surface area contributed by atoms with Crippen molar-refractivity contribution in [3.8, 4) is 0 Å². The van der Waals surface area contributed by atoms with Gasteiger partial charge in [-0.2, -0.15) is 0 Å². The van der Waals surface area contributed by atoms with E-state index in [0.717, 1.165) is 0 Å². The fraction of sp³-hybridized carbons (Fsp3) is 0.467. The first-order chi connectivity index (χ1) is 9.27. The minimum absolute atomic E-state index is 0.00951. The molecule has 1 aromatic carbocycles. The van der Waals surface area contributed by atoms with Crippen LogP contribution < -0.4 is 5.73 Å². The van der Waals surface area contributed by atoms with Crippen molar-refractivity contribution < 1.29 is 9.18 Å². The van der Waals surface area contributed by atoms with Crippen molar-refractivity contribution in [1.29, 1.82) is 0 Å². The van der Waals surface area contributed by atoms with E-state index in [2.05, 4.69) is 0 Å². The van der Waals surface area contributed by atoms with E-state index in [9.17, 15) is 9.18 Å². The lowest BCUT2D eigenvalue weighted by Crippen LogP contribution is -2.42. The number of carbonyl (C=O) groups is 1. The Morgan fingerprint density at radius 3 is 2.30 bits per heavy atom. The monoisotopic (exact) mass is 296 g/mol. The third kappa shape index (κ3) is 3.54. The molecular weight excluding hydrogens is 275 g/mol. The largest absolute Gasteiger partial charge is 0.393 e. The molecule has 0 saturated heterocycles. The van der Waals surface area contributed by atoms with Crippen molar-refractivity contribution in [2.75, 3.05) is 7.05 Å². The summed E-state index contributed by atoms with van der Waals surface area (Å²) in [4.78, 5) is 14.2. The molecule has 2 atom stereocenters. The van der Waals surface area contributed by atoms with Gasteiger partial charge in [0.1, 0.15) is 5.82 Å². The summed E-state index contributed by atoms with van der Waals surface area (Å²) in [5.41, 5.74) is 6.14. The van der Waals surface area contributed by atoms with Crippen LogP contribution in [0.15, 0.2) is 24.3 Å². The Hall–Kier alpha value is -1.49. The molecule has 0 heterocycles. The SMILES string of the molecule is CC(C)C(C(=O)N(C)C(C)c1ccccc1F)C(N)=S. The van der Waals surface area contributed by atoms with Crippen molar-refractivity contribution in [3.05, 3.63) is 35.6 Å². The second-order valence-corrected chi connectivity index (χ2v) is 5.74. The number of hydrogen-bond donors (Lipinski definition) is 1. The van der Waals surface area contributed by atoms with E-state index in [0.29, 0.717) is 5.56 Å². The average Bonchev–Trinajstić information content (AvgIpc) is 2.36. The third-order valence-electron chi connectivity index (χ3n) is 3.52. The van der Waals surface area contributed by atoms with Crippen LogP contribution in [0.1, 0.15) is 32.4 Å². The second-order valence-electron chi connectivity index (χ2n) is 5.27. The molecule has 0 aliphatic heterocycles. The van der Waals surface area contributed by atoms with Gasteiger partial charge in [-0.25, -0.2) is 4.39 Å². The zero-order valence-electron chi connectivity index (χ0n) is 12.3. The minimum atomic E-state index is -0.524. The van der Waals surface area contributed by atoms with Crippen LogP contribution >= 0.6 is 12.2 Å². The van der Waals surface area contributed by atoms with Crippen molar-refractivity contribution in [1.82, 2.24) is 4.90 Å². The number of rotatable bonds is 5. The Bertz CT molecular complexity index is 504. The summed E-state index contributed by atoms with van der Waals surface area (Å²) in [6, 6.07) is 6.06. The van der Waals surface area contributed by atoms with E-state index in [4.69, 9.17) is 18.0 Å². The highest BCUT2D eigenvalue weighted by Gasteiger charge is 2.30. The summed E-state index contributed by atoms with van der Waals surface area (Å²) in [6.07, 6.45) is 0. The molecule has 0 aliphatic rings. The Kier molecular flexibility index (Phi) is 5.62. The van der Waals surface area contributed by atoms with Crippen LogP contribution in [0.25, 0.3) is 0 Å². The lowest BCUT2D eigenvalue weighted by molar-refractivity contribution is -0.135. The molecule has 2 N–H and O–H groups in total. The lowest BCUT2D eigenvalue weighted by atomic mass is 9.93. The number of nitrogens with zero attached hydrogens (tertiary/aromatic N) is 1. The maximum atomic E-state index is 13.8. The molecule has 0 radical (unpaired) electrons. The molecule has 0 spiro atoms. The van der Waals surface area contributed by atoms with Gasteiger partial charge in [0.2, 0.25) is 5.91 Å². The van der Waals surface area contributed by atoms with Crippen molar-refractivity contribution in [2.24, 2.45) is 17.6 Å². The summed E-state index contributed by atoms with van der Waals surface area (Å²) < 4.78 is 13.8. The molecule has 0 saturated carbocycles. The van der Waals surface area contributed by atoms with Crippen LogP contribution in [0.4, 0.5) is 4.39 Å². The highest BCUT2D eigenvalue weighted by molar-refractivity contribution is 7.80. The number of amides is 1. The van der Waals surface area contributed by atoms with E-state index in [1.165, 1.54) is 11.0 Å². The number of halogens is 1. The fourth-order valence-electron chi connectivity index (χ4n) is 2.17. The zero-order valence-corrected chi connectivity index (χ0v) is 13.1. The maximum absolute atomic E-state index is 13.8. The Labute approximate surface area is 125 Å². The molecule has 3 nitrogen and oxygen atoms in total. The van der Waals surface area contributed by atoms with Crippen LogP contribution in [0.3, 0.4) is 0 Å². The summed E-state index contributed by atoms with van der Waals surface area (Å²) in [5.74, 6) is -1.01. The van der Waals surface area contributed by atoms with Crippen molar-refractivity contribution in [2.45, 2.75) is 26.8 Å². The van der Waals surface area contributed by atoms with Gasteiger partial charge in [-0.1, -0.05) is 44.3 Å². The maximum Gasteiger partial charge on any atom is 0.233 e. The van der Waals surface area contributed by atoms with Crippen LogP contribution in [0.5, 0.6) is 0 Å². The lowest BCUT2D eigenvalue weighted by Gasteiger charge is -2.30. The van der Waals surface area contributed by atoms with Gasteiger partial charge in [0, 0.05) is 12.6 Å². The molecule has 1 aromatic rings. The van der Waals surface area contributed by atoms with Crippen molar-refractivity contribution >= 4 is 23.1 Å². The Morgan fingerprint density at radius 1 is 1.30 bits per heavy atom. The van der Waals surface area contributed by atoms with E-state index in [1.54, 1.807) is 32.2 Å². The summed E-state index contributed by atoms with van der Waals surface area (Å²) in [7, 11) is 1.65. The van der Waals surface area contributed by atoms with Gasteiger partial charge < -0.3 is 10.6 Å². The number of carbonyl (C=O) groups excluding carboxylic acids is 1. The number of thiocarbonyl (C=S) groups is 1. The van der Waals surface area contributed by atoms with Crippen LogP contribution in [0.2, 0.25) is 0 Å². The average molecular weight is 296 g/mol. The number of hydrogen-bond acceptors (Lipinski definition) is 2. The molecule has 0 bridgehead atoms. The predicted octanol–water partition coefficient (Wildman–Crippen LogP) is 2.90. The van der Waals surface area contributed by atoms with E-state index in [1.807, 2.05) is 13.8 Å². The third-order valence-corrected chi connectivity index (χ3v) is 3.78. The topological polar surface area (TPSA) is 46.3 Å².